The van der Waals surface area contributed by atoms with Gasteiger partial charge in [-0.3, -0.25) is 14.5 Å². The minimum absolute atomic E-state index is 0.0737. The van der Waals surface area contributed by atoms with E-state index in [2.05, 4.69) is 59.3 Å². The maximum atomic E-state index is 12.8. The van der Waals surface area contributed by atoms with Gasteiger partial charge in [0.25, 0.3) is 0 Å². The van der Waals surface area contributed by atoms with Gasteiger partial charge in [-0.1, -0.05) is 19.9 Å². The summed E-state index contributed by atoms with van der Waals surface area (Å²) in [5.74, 6) is 0.697. The summed E-state index contributed by atoms with van der Waals surface area (Å²) in [5, 5.41) is 5.97. The molecule has 3 N–H and O–H groups in total. The van der Waals surface area contributed by atoms with E-state index in [1.54, 1.807) is 0 Å². The number of hydrogen-bond donors (Lipinski definition) is 3. The van der Waals surface area contributed by atoms with Gasteiger partial charge in [0.1, 0.15) is 5.82 Å². The van der Waals surface area contributed by atoms with Crippen LogP contribution >= 0.6 is 0 Å². The average Bonchev–Trinajstić information content (AvgIpc) is 3.03. The van der Waals surface area contributed by atoms with E-state index in [-0.39, 0.29) is 36.2 Å². The third-order valence-electron chi connectivity index (χ3n) is 5.35. The van der Waals surface area contributed by atoms with E-state index < -0.39 is 6.04 Å². The number of nitrogens with one attached hydrogen (secondary N) is 3. The van der Waals surface area contributed by atoms with E-state index in [0.29, 0.717) is 6.54 Å². The number of carbonyl (C=O) groups is 2. The van der Waals surface area contributed by atoms with Gasteiger partial charge in [0, 0.05) is 19.1 Å². The number of fused-ring (bicyclic) bond motifs is 1. The normalized spacial score (nSPS) is 19.2. The molecule has 0 unspecified atom stereocenters. The molecule has 1 aromatic heterocycles. The Labute approximate surface area is 166 Å². The van der Waals surface area contributed by atoms with Crippen molar-refractivity contribution in [3.63, 3.8) is 0 Å². The summed E-state index contributed by atoms with van der Waals surface area (Å²) in [6.07, 6.45) is 0.145. The Kier molecular flexibility index (Phi) is 6.03. The smallest absolute Gasteiger partial charge is 0.237 e. The van der Waals surface area contributed by atoms with Crippen molar-refractivity contribution in [3.05, 3.63) is 29.6 Å². The monoisotopic (exact) mass is 385 g/mol. The van der Waals surface area contributed by atoms with Crippen molar-refractivity contribution in [2.24, 2.45) is 5.92 Å². The van der Waals surface area contributed by atoms with E-state index >= 15 is 0 Å². The van der Waals surface area contributed by atoms with Gasteiger partial charge < -0.3 is 15.6 Å². The van der Waals surface area contributed by atoms with Gasteiger partial charge in [0.2, 0.25) is 11.8 Å². The number of carbonyl (C=O) groups excluding carboxylic acids is 2. The van der Waals surface area contributed by atoms with Crippen molar-refractivity contribution >= 4 is 22.8 Å². The van der Waals surface area contributed by atoms with E-state index in [9.17, 15) is 9.59 Å². The Morgan fingerprint density at radius 3 is 2.75 bits per heavy atom. The maximum Gasteiger partial charge on any atom is 0.237 e. The second-order valence-electron chi connectivity index (χ2n) is 8.27. The zero-order chi connectivity index (χ0) is 20.4. The molecule has 0 aliphatic carbocycles. The van der Waals surface area contributed by atoms with Crippen LogP contribution in [0.5, 0.6) is 0 Å². The van der Waals surface area contributed by atoms with Gasteiger partial charge in [-0.15, -0.1) is 0 Å². The topological polar surface area (TPSA) is 90.1 Å². The molecular weight excluding hydrogens is 354 g/mol. The van der Waals surface area contributed by atoms with Gasteiger partial charge in [0.15, 0.2) is 0 Å². The summed E-state index contributed by atoms with van der Waals surface area (Å²) >= 11 is 0. The highest BCUT2D eigenvalue weighted by Crippen LogP contribution is 2.23. The zero-order valence-corrected chi connectivity index (χ0v) is 17.4. The van der Waals surface area contributed by atoms with Crippen molar-refractivity contribution in [1.29, 1.82) is 0 Å². The summed E-state index contributed by atoms with van der Waals surface area (Å²) in [7, 11) is 0. The molecule has 7 nitrogen and oxygen atoms in total. The summed E-state index contributed by atoms with van der Waals surface area (Å²) in [6, 6.07) is 5.61. The van der Waals surface area contributed by atoms with E-state index in [0.717, 1.165) is 29.0 Å². The molecule has 2 amide bonds. The van der Waals surface area contributed by atoms with E-state index in [4.69, 9.17) is 0 Å². The van der Waals surface area contributed by atoms with Crippen LogP contribution in [0.2, 0.25) is 0 Å². The number of aryl methyl sites for hydroxylation is 1. The summed E-state index contributed by atoms with van der Waals surface area (Å²) in [6.45, 7) is 11.6. The first-order chi connectivity index (χ1) is 13.3. The molecule has 3 rings (SSSR count). The SMILES string of the molecule is Cc1ccc2nc([C@@H](NC(=O)C[C@H]3C(=O)NCCN3C(C)C)C(C)C)[nH]c2c1. The molecule has 1 aromatic carbocycles. The first-order valence-electron chi connectivity index (χ1n) is 10.1. The number of imidazole rings is 1. The van der Waals surface area contributed by atoms with Crippen LogP contribution in [-0.4, -0.2) is 51.9 Å². The third kappa shape index (κ3) is 4.35. The molecule has 0 spiro atoms. The lowest BCUT2D eigenvalue weighted by Crippen LogP contribution is -2.58. The summed E-state index contributed by atoms with van der Waals surface area (Å²) in [5.41, 5.74) is 3.01. The van der Waals surface area contributed by atoms with Gasteiger partial charge >= 0.3 is 0 Å². The number of rotatable bonds is 6. The molecule has 1 aliphatic heterocycles. The molecule has 1 aliphatic rings. The minimum atomic E-state index is -0.431. The predicted molar refractivity (Wildman–Crippen MR) is 110 cm³/mol. The first kappa shape index (κ1) is 20.3. The highest BCUT2D eigenvalue weighted by molar-refractivity contribution is 5.89. The second-order valence-corrected chi connectivity index (χ2v) is 8.27. The number of H-pyrrole nitrogens is 1. The molecule has 152 valence electrons. The number of benzene rings is 1. The Hall–Kier alpha value is -2.41. The fourth-order valence-corrected chi connectivity index (χ4v) is 3.81. The number of aromatic amines is 1. The first-order valence-corrected chi connectivity index (χ1v) is 10.1. The Balaban J connectivity index is 1.76. The van der Waals surface area contributed by atoms with Crippen LogP contribution in [0.15, 0.2) is 18.2 Å². The predicted octanol–water partition coefficient (Wildman–Crippen LogP) is 2.28. The molecule has 1 fully saturated rings. The molecule has 28 heavy (non-hydrogen) atoms. The molecule has 0 bridgehead atoms. The second kappa shape index (κ2) is 8.31. The number of nitrogens with zero attached hydrogens (tertiary/aromatic N) is 2. The van der Waals surface area contributed by atoms with Crippen LogP contribution in [0.1, 0.15) is 51.5 Å². The molecule has 1 saturated heterocycles. The van der Waals surface area contributed by atoms with E-state index in [1.165, 1.54) is 0 Å². The van der Waals surface area contributed by atoms with Crippen LogP contribution in [0.3, 0.4) is 0 Å². The highest BCUT2D eigenvalue weighted by Gasteiger charge is 2.34. The molecule has 2 heterocycles. The summed E-state index contributed by atoms with van der Waals surface area (Å²) < 4.78 is 0. The lowest BCUT2D eigenvalue weighted by atomic mass is 10.0. The largest absolute Gasteiger partial charge is 0.353 e. The number of hydrogen-bond acceptors (Lipinski definition) is 4. The molecule has 7 heteroatoms. The maximum absolute atomic E-state index is 12.8. The third-order valence-corrected chi connectivity index (χ3v) is 5.35. The van der Waals surface area contributed by atoms with Crippen molar-refractivity contribution in [2.75, 3.05) is 13.1 Å². The molecule has 0 saturated carbocycles. The number of aromatic nitrogens is 2. The highest BCUT2D eigenvalue weighted by atomic mass is 16.2. The van der Waals surface area contributed by atoms with Crippen molar-refractivity contribution in [1.82, 2.24) is 25.5 Å². The standard InChI is InChI=1S/C21H31N5O2/c1-12(2)19(20-23-15-7-6-14(5)10-16(15)24-20)25-18(27)11-17-21(28)22-8-9-26(17)13(3)4/h6-7,10,12-13,17,19H,8-9,11H2,1-5H3,(H,22,28)(H,23,24)(H,25,27)/t17-,19-/m0/s1. The summed E-state index contributed by atoms with van der Waals surface area (Å²) in [4.78, 5) is 35.3. The van der Waals surface area contributed by atoms with Crippen LogP contribution < -0.4 is 10.6 Å². The number of amides is 2. The van der Waals surface area contributed by atoms with E-state index in [1.807, 2.05) is 19.1 Å². The van der Waals surface area contributed by atoms with Crippen molar-refractivity contribution in [2.45, 2.75) is 59.2 Å². The van der Waals surface area contributed by atoms with Gasteiger partial charge in [0.05, 0.1) is 29.5 Å². The fourth-order valence-electron chi connectivity index (χ4n) is 3.81. The van der Waals surface area contributed by atoms with Crippen molar-refractivity contribution in [3.8, 4) is 0 Å². The molecular formula is C21H31N5O2. The Morgan fingerprint density at radius 1 is 1.32 bits per heavy atom. The van der Waals surface area contributed by atoms with Crippen LogP contribution in [0, 0.1) is 12.8 Å². The Morgan fingerprint density at radius 2 is 2.07 bits per heavy atom. The zero-order valence-electron chi connectivity index (χ0n) is 17.4. The van der Waals surface area contributed by atoms with Crippen LogP contribution in [-0.2, 0) is 9.59 Å². The quantitative estimate of drug-likeness (QED) is 0.712. The molecule has 2 aromatic rings. The number of piperazine rings is 1. The van der Waals surface area contributed by atoms with Crippen molar-refractivity contribution < 1.29 is 9.59 Å². The van der Waals surface area contributed by atoms with Gasteiger partial charge in [-0.25, -0.2) is 4.98 Å². The minimum Gasteiger partial charge on any atom is -0.353 e. The van der Waals surface area contributed by atoms with Gasteiger partial charge in [-0.05, 0) is 44.4 Å². The van der Waals surface area contributed by atoms with Gasteiger partial charge in [-0.2, -0.15) is 0 Å². The molecule has 2 atom stereocenters. The lowest BCUT2D eigenvalue weighted by Gasteiger charge is -2.37. The Bertz CT molecular complexity index is 858. The van der Waals surface area contributed by atoms with Crippen LogP contribution in [0.4, 0.5) is 0 Å². The lowest BCUT2D eigenvalue weighted by molar-refractivity contribution is -0.135. The fraction of sp³-hybridized carbons (Fsp3) is 0.571. The van der Waals surface area contributed by atoms with Crippen LogP contribution in [0.25, 0.3) is 11.0 Å². The average molecular weight is 386 g/mol. The molecule has 0 radical (unpaired) electrons.